The molecule has 2 heterocycles. The molecule has 19 heavy (non-hydrogen) atoms. The molecule has 102 valence electrons. The third-order valence-corrected chi connectivity index (χ3v) is 2.80. The van der Waals surface area contributed by atoms with Crippen molar-refractivity contribution in [2.24, 2.45) is 0 Å². The van der Waals surface area contributed by atoms with E-state index in [1.54, 1.807) is 11.1 Å². The highest BCUT2D eigenvalue weighted by Crippen LogP contribution is 2.20. The molecule has 1 aliphatic rings. The van der Waals surface area contributed by atoms with Crippen molar-refractivity contribution < 1.29 is 9.53 Å². The van der Waals surface area contributed by atoms with Crippen LogP contribution in [0.4, 0.5) is 4.79 Å². The number of rotatable bonds is 1. The van der Waals surface area contributed by atoms with Gasteiger partial charge in [-0.25, -0.2) is 4.79 Å². The largest absolute Gasteiger partial charge is 0.444 e. The van der Waals surface area contributed by atoms with E-state index >= 15 is 0 Å². The maximum Gasteiger partial charge on any atom is 0.410 e. The Hall–Kier alpha value is -1.84. The van der Waals surface area contributed by atoms with Gasteiger partial charge < -0.3 is 9.64 Å². The minimum absolute atomic E-state index is 0.256. The number of carbonyl (C=O) groups excluding carboxylic acids is 1. The summed E-state index contributed by atoms with van der Waals surface area (Å²) in [5, 5.41) is 0. The van der Waals surface area contributed by atoms with Gasteiger partial charge >= 0.3 is 6.09 Å². The number of amides is 1. The molecule has 0 aromatic carbocycles. The molecule has 0 saturated heterocycles. The van der Waals surface area contributed by atoms with Crippen molar-refractivity contribution in [3.63, 3.8) is 0 Å². The molecule has 0 radical (unpaired) electrons. The molecule has 0 saturated carbocycles. The van der Waals surface area contributed by atoms with Crippen LogP contribution in [0.3, 0.4) is 0 Å². The van der Waals surface area contributed by atoms with Crippen LogP contribution in [0.15, 0.2) is 30.5 Å². The summed E-state index contributed by atoms with van der Waals surface area (Å²) in [5.74, 6) is 0. The number of hydrogen-bond donors (Lipinski definition) is 0. The van der Waals surface area contributed by atoms with Crippen LogP contribution >= 0.6 is 0 Å². The number of nitrogens with zero attached hydrogens (tertiary/aromatic N) is 2. The maximum atomic E-state index is 12.0. The molecule has 1 aliphatic heterocycles. The van der Waals surface area contributed by atoms with E-state index in [-0.39, 0.29) is 6.09 Å². The summed E-state index contributed by atoms with van der Waals surface area (Å²) in [5.41, 5.74) is 1.55. The summed E-state index contributed by atoms with van der Waals surface area (Å²) in [7, 11) is 0. The fourth-order valence-corrected chi connectivity index (χ4v) is 1.96. The van der Waals surface area contributed by atoms with Crippen molar-refractivity contribution in [1.29, 1.82) is 0 Å². The summed E-state index contributed by atoms with van der Waals surface area (Å²) in [6.45, 7) is 6.90. The SMILES string of the molecule is CC(C)(C)OC(=O)N1CCC=C(c2ccccn2)C1. The summed E-state index contributed by atoms with van der Waals surface area (Å²) < 4.78 is 5.40. The zero-order valence-corrected chi connectivity index (χ0v) is 11.7. The predicted octanol–water partition coefficient (Wildman–Crippen LogP) is 3.11. The van der Waals surface area contributed by atoms with Gasteiger partial charge in [0.25, 0.3) is 0 Å². The number of ether oxygens (including phenoxy) is 1. The average molecular weight is 260 g/mol. The first-order valence-electron chi connectivity index (χ1n) is 6.54. The summed E-state index contributed by atoms with van der Waals surface area (Å²) in [6, 6.07) is 5.80. The second-order valence-corrected chi connectivity index (χ2v) is 5.63. The van der Waals surface area contributed by atoms with E-state index in [2.05, 4.69) is 11.1 Å². The van der Waals surface area contributed by atoms with Crippen LogP contribution in [0.5, 0.6) is 0 Å². The second-order valence-electron chi connectivity index (χ2n) is 5.63. The molecule has 4 nitrogen and oxygen atoms in total. The first-order chi connectivity index (χ1) is 8.96. The summed E-state index contributed by atoms with van der Waals surface area (Å²) >= 11 is 0. The van der Waals surface area contributed by atoms with Gasteiger partial charge in [-0.1, -0.05) is 12.1 Å². The third-order valence-electron chi connectivity index (χ3n) is 2.80. The van der Waals surface area contributed by atoms with E-state index in [1.165, 1.54) is 0 Å². The zero-order chi connectivity index (χ0) is 13.9. The van der Waals surface area contributed by atoms with Gasteiger partial charge in [0, 0.05) is 12.7 Å². The fraction of sp³-hybridized carbons (Fsp3) is 0.467. The quantitative estimate of drug-likeness (QED) is 0.779. The summed E-state index contributed by atoms with van der Waals surface area (Å²) in [4.78, 5) is 18.1. The maximum absolute atomic E-state index is 12.0. The van der Waals surface area contributed by atoms with Crippen LogP contribution in [0.1, 0.15) is 32.9 Å². The molecule has 0 unspecified atom stereocenters. The van der Waals surface area contributed by atoms with E-state index in [1.807, 2.05) is 39.0 Å². The zero-order valence-electron chi connectivity index (χ0n) is 11.7. The highest BCUT2D eigenvalue weighted by molar-refractivity contribution is 5.74. The Morgan fingerprint density at radius 1 is 1.37 bits per heavy atom. The van der Waals surface area contributed by atoms with Crippen LogP contribution in [0.2, 0.25) is 0 Å². The number of carbonyl (C=O) groups is 1. The molecule has 0 aliphatic carbocycles. The lowest BCUT2D eigenvalue weighted by Crippen LogP contribution is -2.39. The first kappa shape index (κ1) is 13.6. The van der Waals surface area contributed by atoms with Crippen molar-refractivity contribution in [1.82, 2.24) is 9.88 Å². The van der Waals surface area contributed by atoms with E-state index in [0.29, 0.717) is 13.1 Å². The lowest BCUT2D eigenvalue weighted by molar-refractivity contribution is 0.0273. The molecule has 0 bridgehead atoms. The molecule has 0 atom stereocenters. The average Bonchev–Trinajstić information content (AvgIpc) is 2.38. The molecule has 0 fully saturated rings. The predicted molar refractivity (Wildman–Crippen MR) is 74.6 cm³/mol. The van der Waals surface area contributed by atoms with Gasteiger partial charge in [0.1, 0.15) is 5.60 Å². The topological polar surface area (TPSA) is 42.4 Å². The highest BCUT2D eigenvalue weighted by atomic mass is 16.6. The second kappa shape index (κ2) is 5.43. The first-order valence-corrected chi connectivity index (χ1v) is 6.54. The lowest BCUT2D eigenvalue weighted by Gasteiger charge is -2.30. The van der Waals surface area contributed by atoms with Crippen molar-refractivity contribution in [3.8, 4) is 0 Å². The molecular weight excluding hydrogens is 240 g/mol. The Bertz CT molecular complexity index is 475. The Kier molecular flexibility index (Phi) is 3.88. The number of hydrogen-bond acceptors (Lipinski definition) is 3. The van der Waals surface area contributed by atoms with Gasteiger partial charge in [-0.2, -0.15) is 0 Å². The van der Waals surface area contributed by atoms with Crippen LogP contribution in [-0.4, -0.2) is 34.7 Å². The Labute approximate surface area is 114 Å². The van der Waals surface area contributed by atoms with Crippen LogP contribution < -0.4 is 0 Å². The smallest absolute Gasteiger partial charge is 0.410 e. The van der Waals surface area contributed by atoms with Gasteiger partial charge in [0.05, 0.1) is 12.2 Å². The fourth-order valence-electron chi connectivity index (χ4n) is 1.96. The van der Waals surface area contributed by atoms with E-state index in [0.717, 1.165) is 17.7 Å². The molecule has 2 rings (SSSR count). The molecule has 1 aromatic rings. The Morgan fingerprint density at radius 2 is 2.16 bits per heavy atom. The van der Waals surface area contributed by atoms with Crippen molar-refractivity contribution in [2.45, 2.75) is 32.8 Å². The van der Waals surface area contributed by atoms with Gasteiger partial charge in [-0.05, 0) is 44.9 Å². The van der Waals surface area contributed by atoms with E-state index in [9.17, 15) is 4.79 Å². The monoisotopic (exact) mass is 260 g/mol. The minimum Gasteiger partial charge on any atom is -0.444 e. The van der Waals surface area contributed by atoms with E-state index < -0.39 is 5.60 Å². The minimum atomic E-state index is -0.455. The molecule has 0 spiro atoms. The van der Waals surface area contributed by atoms with Crippen molar-refractivity contribution >= 4 is 11.7 Å². The van der Waals surface area contributed by atoms with Gasteiger partial charge in [0.15, 0.2) is 0 Å². The normalized spacial score (nSPS) is 15.9. The van der Waals surface area contributed by atoms with Crippen LogP contribution in [0, 0.1) is 0 Å². The van der Waals surface area contributed by atoms with Gasteiger partial charge in [0.2, 0.25) is 0 Å². The Morgan fingerprint density at radius 3 is 2.79 bits per heavy atom. The summed E-state index contributed by atoms with van der Waals surface area (Å²) in [6.07, 6.45) is 4.49. The molecular formula is C15H20N2O2. The highest BCUT2D eigenvalue weighted by Gasteiger charge is 2.24. The van der Waals surface area contributed by atoms with Gasteiger partial charge in [-0.3, -0.25) is 4.98 Å². The van der Waals surface area contributed by atoms with Crippen LogP contribution in [-0.2, 0) is 4.74 Å². The molecule has 4 heteroatoms. The van der Waals surface area contributed by atoms with Gasteiger partial charge in [-0.15, -0.1) is 0 Å². The standard InChI is InChI=1S/C15H20N2O2/c1-15(2,3)19-14(18)17-10-6-7-12(11-17)13-8-4-5-9-16-13/h4-5,7-9H,6,10-11H2,1-3H3. The van der Waals surface area contributed by atoms with E-state index in [4.69, 9.17) is 4.74 Å². The van der Waals surface area contributed by atoms with Crippen LogP contribution in [0.25, 0.3) is 5.57 Å². The molecule has 0 N–H and O–H groups in total. The lowest BCUT2D eigenvalue weighted by atomic mass is 10.1. The molecule has 1 amide bonds. The Balaban J connectivity index is 2.05. The third kappa shape index (κ3) is 3.81. The van der Waals surface area contributed by atoms with Crippen molar-refractivity contribution in [3.05, 3.63) is 36.2 Å². The van der Waals surface area contributed by atoms with Crippen molar-refractivity contribution in [2.75, 3.05) is 13.1 Å². The number of pyridine rings is 1. The number of aromatic nitrogens is 1. The molecule has 1 aromatic heterocycles.